The fraction of sp³-hybridized carbons (Fsp3) is 0.160. The number of carbonyl (C=O) groups is 2. The summed E-state index contributed by atoms with van der Waals surface area (Å²) in [5.74, 6) is 0.552. The van der Waals surface area contributed by atoms with Gasteiger partial charge in [-0.3, -0.25) is 9.59 Å². The van der Waals surface area contributed by atoms with Gasteiger partial charge in [0.15, 0.2) is 0 Å². The summed E-state index contributed by atoms with van der Waals surface area (Å²) in [7, 11) is 1.99. The summed E-state index contributed by atoms with van der Waals surface area (Å²) in [6.07, 6.45) is 0.199. The number of benzene rings is 3. The van der Waals surface area contributed by atoms with Crippen LogP contribution in [0.15, 0.2) is 72.8 Å². The first-order valence-electron chi connectivity index (χ1n) is 10.2. The van der Waals surface area contributed by atoms with Crippen LogP contribution in [-0.2, 0) is 11.8 Å². The van der Waals surface area contributed by atoms with Gasteiger partial charge in [-0.2, -0.15) is 0 Å². The van der Waals surface area contributed by atoms with E-state index < -0.39 is 0 Å². The summed E-state index contributed by atoms with van der Waals surface area (Å²) < 4.78 is 2.06. The molecule has 6 heteroatoms. The van der Waals surface area contributed by atoms with E-state index in [1.165, 1.54) is 0 Å². The highest BCUT2D eigenvalue weighted by molar-refractivity contribution is 5.96. The van der Waals surface area contributed by atoms with Crippen LogP contribution in [0.1, 0.15) is 22.3 Å². The van der Waals surface area contributed by atoms with Crippen molar-refractivity contribution < 1.29 is 9.59 Å². The highest BCUT2D eigenvalue weighted by atomic mass is 16.2. The first-order chi connectivity index (χ1) is 15.0. The SMILES string of the molecule is Cc1ccccc1C(=O)NCCC(=O)Nc1ccc(-c2nc3ccccc3n2C)cc1. The van der Waals surface area contributed by atoms with Crippen molar-refractivity contribution in [2.24, 2.45) is 7.05 Å². The van der Waals surface area contributed by atoms with E-state index in [2.05, 4.69) is 15.2 Å². The number of aryl methyl sites for hydroxylation is 2. The zero-order valence-electron chi connectivity index (χ0n) is 17.6. The van der Waals surface area contributed by atoms with Gasteiger partial charge in [0.05, 0.1) is 11.0 Å². The molecule has 1 aromatic heterocycles. The average Bonchev–Trinajstić information content (AvgIpc) is 3.11. The highest BCUT2D eigenvalue weighted by Crippen LogP contribution is 2.24. The Kier molecular flexibility index (Phi) is 5.80. The number of carbonyl (C=O) groups excluding carboxylic acids is 2. The largest absolute Gasteiger partial charge is 0.352 e. The lowest BCUT2D eigenvalue weighted by atomic mass is 10.1. The Morgan fingerprint density at radius 2 is 1.65 bits per heavy atom. The van der Waals surface area contributed by atoms with Crippen molar-refractivity contribution in [3.05, 3.63) is 83.9 Å². The molecule has 0 spiro atoms. The van der Waals surface area contributed by atoms with Crippen molar-refractivity contribution in [3.8, 4) is 11.4 Å². The Hall–Kier alpha value is -3.93. The fourth-order valence-corrected chi connectivity index (χ4v) is 3.54. The first kappa shape index (κ1) is 20.3. The van der Waals surface area contributed by atoms with Gasteiger partial charge in [0.2, 0.25) is 5.91 Å². The minimum atomic E-state index is -0.169. The maximum atomic E-state index is 12.2. The third kappa shape index (κ3) is 4.48. The molecule has 31 heavy (non-hydrogen) atoms. The predicted molar refractivity (Wildman–Crippen MR) is 123 cm³/mol. The topological polar surface area (TPSA) is 76.0 Å². The maximum Gasteiger partial charge on any atom is 0.251 e. The van der Waals surface area contributed by atoms with Gasteiger partial charge in [0.25, 0.3) is 5.91 Å². The van der Waals surface area contributed by atoms with Crippen LogP contribution in [0.2, 0.25) is 0 Å². The number of nitrogens with zero attached hydrogens (tertiary/aromatic N) is 2. The third-order valence-electron chi connectivity index (χ3n) is 5.24. The van der Waals surface area contributed by atoms with E-state index in [1.54, 1.807) is 6.07 Å². The van der Waals surface area contributed by atoms with Crippen LogP contribution in [0.5, 0.6) is 0 Å². The van der Waals surface area contributed by atoms with Crippen LogP contribution in [0, 0.1) is 6.92 Å². The molecule has 2 amide bonds. The molecule has 3 aromatic carbocycles. The molecule has 4 rings (SSSR count). The van der Waals surface area contributed by atoms with Crippen molar-refractivity contribution in [2.75, 3.05) is 11.9 Å². The molecule has 0 aliphatic carbocycles. The lowest BCUT2D eigenvalue weighted by molar-refractivity contribution is -0.116. The molecule has 2 N–H and O–H groups in total. The quantitative estimate of drug-likeness (QED) is 0.496. The van der Waals surface area contributed by atoms with Crippen LogP contribution < -0.4 is 10.6 Å². The number of anilines is 1. The molecule has 0 aliphatic rings. The summed E-state index contributed by atoms with van der Waals surface area (Å²) in [5.41, 5.74) is 5.23. The van der Waals surface area contributed by atoms with E-state index in [9.17, 15) is 9.59 Å². The zero-order chi connectivity index (χ0) is 21.8. The van der Waals surface area contributed by atoms with Gasteiger partial charge in [-0.1, -0.05) is 30.3 Å². The van der Waals surface area contributed by atoms with E-state index >= 15 is 0 Å². The van der Waals surface area contributed by atoms with Gasteiger partial charge in [-0.05, 0) is 55.0 Å². The molecule has 0 bridgehead atoms. The molecule has 0 radical (unpaired) electrons. The second-order valence-electron chi connectivity index (χ2n) is 7.43. The normalized spacial score (nSPS) is 10.8. The molecule has 156 valence electrons. The summed E-state index contributed by atoms with van der Waals surface area (Å²) >= 11 is 0. The molecule has 0 fully saturated rings. The number of nitrogens with one attached hydrogen (secondary N) is 2. The summed E-state index contributed by atoms with van der Waals surface area (Å²) in [6, 6.07) is 23.0. The van der Waals surface area contributed by atoms with Crippen LogP contribution in [-0.4, -0.2) is 27.9 Å². The Morgan fingerprint density at radius 3 is 2.39 bits per heavy atom. The lowest BCUT2D eigenvalue weighted by Crippen LogP contribution is -2.28. The van der Waals surface area contributed by atoms with Crippen LogP contribution in [0.25, 0.3) is 22.4 Å². The van der Waals surface area contributed by atoms with Gasteiger partial charge in [-0.15, -0.1) is 0 Å². The third-order valence-corrected chi connectivity index (χ3v) is 5.24. The number of aromatic nitrogens is 2. The van der Waals surface area contributed by atoms with Gasteiger partial charge in [0, 0.05) is 36.8 Å². The van der Waals surface area contributed by atoms with Crippen molar-refractivity contribution in [1.29, 1.82) is 0 Å². The molecule has 0 saturated heterocycles. The molecular weight excluding hydrogens is 388 g/mol. The Labute approximate surface area is 180 Å². The highest BCUT2D eigenvalue weighted by Gasteiger charge is 2.11. The van der Waals surface area contributed by atoms with Gasteiger partial charge >= 0.3 is 0 Å². The van der Waals surface area contributed by atoms with E-state index in [4.69, 9.17) is 4.98 Å². The Balaban J connectivity index is 1.33. The maximum absolute atomic E-state index is 12.2. The molecule has 0 aliphatic heterocycles. The number of hydrogen-bond acceptors (Lipinski definition) is 3. The van der Waals surface area contributed by atoms with Crippen molar-refractivity contribution >= 4 is 28.5 Å². The molecule has 6 nitrogen and oxygen atoms in total. The van der Waals surface area contributed by atoms with Crippen molar-refractivity contribution in [1.82, 2.24) is 14.9 Å². The van der Waals surface area contributed by atoms with Crippen LogP contribution in [0.3, 0.4) is 0 Å². The van der Waals surface area contributed by atoms with E-state index in [1.807, 2.05) is 80.7 Å². The standard InChI is InChI=1S/C25H24N4O2/c1-17-7-3-4-8-20(17)25(31)26-16-15-23(30)27-19-13-11-18(12-14-19)24-28-21-9-5-6-10-22(21)29(24)2/h3-14H,15-16H2,1-2H3,(H,26,31)(H,27,30). The molecule has 1 heterocycles. The van der Waals surface area contributed by atoms with Crippen LogP contribution >= 0.6 is 0 Å². The van der Waals surface area contributed by atoms with Crippen LogP contribution in [0.4, 0.5) is 5.69 Å². The molecule has 4 aromatic rings. The second kappa shape index (κ2) is 8.83. The summed E-state index contributed by atoms with van der Waals surface area (Å²) in [5, 5.41) is 5.66. The predicted octanol–water partition coefficient (Wildman–Crippen LogP) is 4.31. The smallest absolute Gasteiger partial charge is 0.251 e. The number of para-hydroxylation sites is 2. The Morgan fingerprint density at radius 1 is 0.935 bits per heavy atom. The molecule has 0 atom stereocenters. The molecule has 0 saturated carbocycles. The van der Waals surface area contributed by atoms with E-state index in [-0.39, 0.29) is 24.8 Å². The Bertz CT molecular complexity index is 1240. The van der Waals surface area contributed by atoms with Gasteiger partial charge in [0.1, 0.15) is 5.82 Å². The van der Waals surface area contributed by atoms with Gasteiger partial charge in [-0.25, -0.2) is 4.98 Å². The number of imidazole rings is 1. The van der Waals surface area contributed by atoms with Crippen molar-refractivity contribution in [2.45, 2.75) is 13.3 Å². The van der Waals surface area contributed by atoms with Gasteiger partial charge < -0.3 is 15.2 Å². The monoisotopic (exact) mass is 412 g/mol. The second-order valence-corrected chi connectivity index (χ2v) is 7.43. The first-order valence-corrected chi connectivity index (χ1v) is 10.2. The molecule has 0 unspecified atom stereocenters. The minimum Gasteiger partial charge on any atom is -0.352 e. The summed E-state index contributed by atoms with van der Waals surface area (Å²) in [4.78, 5) is 29.2. The lowest BCUT2D eigenvalue weighted by Gasteiger charge is -2.09. The number of rotatable bonds is 6. The number of amides is 2. The minimum absolute atomic E-state index is 0.152. The van der Waals surface area contributed by atoms with Crippen molar-refractivity contribution in [3.63, 3.8) is 0 Å². The van der Waals surface area contributed by atoms with E-state index in [0.29, 0.717) is 11.3 Å². The van der Waals surface area contributed by atoms with E-state index in [0.717, 1.165) is 28.0 Å². The average molecular weight is 412 g/mol. The molecular formula is C25H24N4O2. The summed E-state index contributed by atoms with van der Waals surface area (Å²) in [6.45, 7) is 2.16. The number of hydrogen-bond donors (Lipinski definition) is 2. The zero-order valence-corrected chi connectivity index (χ0v) is 17.6. The number of fused-ring (bicyclic) bond motifs is 1. The fourth-order valence-electron chi connectivity index (χ4n) is 3.54.